The predicted octanol–water partition coefficient (Wildman–Crippen LogP) is 1.79. The van der Waals surface area contributed by atoms with E-state index < -0.39 is 4.92 Å². The Balaban J connectivity index is 1.68. The van der Waals surface area contributed by atoms with Gasteiger partial charge in [0.1, 0.15) is 6.20 Å². The van der Waals surface area contributed by atoms with Gasteiger partial charge >= 0.3 is 0 Å². The highest BCUT2D eigenvalue weighted by atomic mass is 32.2. The number of thioether (sulfide) groups is 2. The van der Waals surface area contributed by atoms with Gasteiger partial charge in [-0.1, -0.05) is 11.8 Å². The summed E-state index contributed by atoms with van der Waals surface area (Å²) in [7, 11) is 1.80. The molecule has 0 aliphatic carbocycles. The van der Waals surface area contributed by atoms with E-state index in [4.69, 9.17) is 0 Å². The number of hydrogen-bond donors (Lipinski definition) is 0. The molecule has 0 N–H and O–H groups in total. The summed E-state index contributed by atoms with van der Waals surface area (Å²) in [5.41, 5.74) is 0.0136. The highest BCUT2D eigenvalue weighted by molar-refractivity contribution is 8.00. The lowest BCUT2D eigenvalue weighted by molar-refractivity contribution is -0.385. The van der Waals surface area contributed by atoms with Gasteiger partial charge in [-0.05, 0) is 22.9 Å². The third-order valence-corrected chi connectivity index (χ3v) is 4.41. The summed E-state index contributed by atoms with van der Waals surface area (Å²) in [6.07, 6.45) is 2.25. The molecule has 0 aliphatic heterocycles. The predicted molar refractivity (Wildman–Crippen MR) is 75.8 cm³/mol. The van der Waals surface area contributed by atoms with Crippen molar-refractivity contribution in [2.75, 3.05) is 11.5 Å². The third-order valence-electron chi connectivity index (χ3n) is 2.28. The smallest absolute Gasteiger partial charge is 0.258 e. The molecule has 2 heterocycles. The molecular weight excluding hydrogens is 300 g/mol. The number of aryl methyl sites for hydroxylation is 1. The monoisotopic (exact) mass is 312 g/mol. The fourth-order valence-electron chi connectivity index (χ4n) is 1.31. The molecule has 2 aromatic rings. The molecule has 0 radical (unpaired) electrons. The maximum Gasteiger partial charge on any atom is 0.287 e. The molecule has 0 atom stereocenters. The molecule has 0 unspecified atom stereocenters. The van der Waals surface area contributed by atoms with Crippen molar-refractivity contribution in [2.45, 2.75) is 16.6 Å². The number of hydrogen-bond acceptors (Lipinski definition) is 8. The Morgan fingerprint density at radius 1 is 1.35 bits per heavy atom. The number of aromatic nitrogens is 5. The zero-order valence-electron chi connectivity index (χ0n) is 10.7. The molecule has 0 amide bonds. The summed E-state index contributed by atoms with van der Waals surface area (Å²) in [5.74, 6) is 1.80. The van der Waals surface area contributed by atoms with E-state index in [0.717, 1.165) is 28.1 Å². The van der Waals surface area contributed by atoms with Gasteiger partial charge in [0.15, 0.2) is 0 Å². The molecule has 10 heteroatoms. The average molecular weight is 312 g/mol. The molecule has 2 aromatic heterocycles. The lowest BCUT2D eigenvalue weighted by Crippen LogP contribution is -1.94. The molecule has 0 fully saturated rings. The molecule has 0 aromatic carbocycles. The van der Waals surface area contributed by atoms with Crippen LogP contribution in [0.1, 0.15) is 6.42 Å². The lowest BCUT2D eigenvalue weighted by atomic mass is 10.4. The summed E-state index contributed by atoms with van der Waals surface area (Å²) in [5, 5.41) is 23.3. The van der Waals surface area contributed by atoms with Crippen molar-refractivity contribution in [1.82, 2.24) is 25.2 Å². The Labute approximate surface area is 123 Å². The minimum Gasteiger partial charge on any atom is -0.258 e. The summed E-state index contributed by atoms with van der Waals surface area (Å²) >= 11 is 3.18. The highest BCUT2D eigenvalue weighted by Crippen LogP contribution is 2.21. The lowest BCUT2D eigenvalue weighted by Gasteiger charge is -2.00. The van der Waals surface area contributed by atoms with Crippen LogP contribution in [0, 0.1) is 10.1 Å². The third kappa shape index (κ3) is 4.17. The number of rotatable bonds is 7. The van der Waals surface area contributed by atoms with E-state index in [2.05, 4.69) is 20.5 Å². The summed E-state index contributed by atoms with van der Waals surface area (Å²) < 4.78 is 1.63. The second-order valence-corrected chi connectivity index (χ2v) is 5.92. The molecule has 0 spiro atoms. The number of tetrazole rings is 1. The first kappa shape index (κ1) is 14.7. The van der Waals surface area contributed by atoms with Crippen LogP contribution in [0.15, 0.2) is 28.5 Å². The van der Waals surface area contributed by atoms with Crippen LogP contribution >= 0.6 is 23.5 Å². The Morgan fingerprint density at radius 2 is 2.15 bits per heavy atom. The molecule has 106 valence electrons. The van der Waals surface area contributed by atoms with E-state index in [1.807, 2.05) is 0 Å². The van der Waals surface area contributed by atoms with Gasteiger partial charge in [-0.15, -0.1) is 16.9 Å². The first-order valence-corrected chi connectivity index (χ1v) is 7.72. The van der Waals surface area contributed by atoms with Gasteiger partial charge in [0.25, 0.3) is 5.69 Å². The number of nitro groups is 1. The Kier molecular flexibility index (Phi) is 5.30. The Bertz CT molecular complexity index is 573. The van der Waals surface area contributed by atoms with Gasteiger partial charge in [0.05, 0.1) is 9.95 Å². The molecule has 0 saturated carbocycles. The maximum absolute atomic E-state index is 10.5. The van der Waals surface area contributed by atoms with E-state index in [1.54, 1.807) is 41.3 Å². The first-order valence-electron chi connectivity index (χ1n) is 5.75. The average Bonchev–Trinajstić information content (AvgIpc) is 2.84. The molecule has 8 nitrogen and oxygen atoms in total. The Morgan fingerprint density at radius 3 is 2.75 bits per heavy atom. The fraction of sp³-hybridized carbons (Fsp3) is 0.400. The van der Waals surface area contributed by atoms with Crippen molar-refractivity contribution >= 4 is 29.2 Å². The van der Waals surface area contributed by atoms with Gasteiger partial charge in [-0.25, -0.2) is 9.67 Å². The van der Waals surface area contributed by atoms with Gasteiger partial charge in [0.2, 0.25) is 5.16 Å². The van der Waals surface area contributed by atoms with Crippen LogP contribution in [0.3, 0.4) is 0 Å². The van der Waals surface area contributed by atoms with Crippen LogP contribution in [0.5, 0.6) is 0 Å². The van der Waals surface area contributed by atoms with Crippen LogP contribution in [0.4, 0.5) is 5.69 Å². The van der Waals surface area contributed by atoms with Crippen LogP contribution in [0.25, 0.3) is 0 Å². The summed E-state index contributed by atoms with van der Waals surface area (Å²) in [6, 6.07) is 3.14. The van der Waals surface area contributed by atoms with E-state index in [-0.39, 0.29) is 5.69 Å². The molecule has 0 saturated heterocycles. The quantitative estimate of drug-likeness (QED) is 0.330. The zero-order chi connectivity index (χ0) is 14.4. The van der Waals surface area contributed by atoms with Crippen LogP contribution in [-0.4, -0.2) is 41.6 Å². The first-order chi connectivity index (χ1) is 9.66. The van der Waals surface area contributed by atoms with Gasteiger partial charge < -0.3 is 0 Å². The van der Waals surface area contributed by atoms with Crippen molar-refractivity contribution in [1.29, 1.82) is 0 Å². The minimum absolute atomic E-state index is 0.0136. The van der Waals surface area contributed by atoms with Gasteiger partial charge in [-0.2, -0.15) is 0 Å². The summed E-state index contributed by atoms with van der Waals surface area (Å²) in [4.78, 5) is 14.1. The van der Waals surface area contributed by atoms with Crippen molar-refractivity contribution < 1.29 is 4.92 Å². The largest absolute Gasteiger partial charge is 0.287 e. The van der Waals surface area contributed by atoms with E-state index in [1.165, 1.54) is 12.3 Å². The molecule has 0 bridgehead atoms. The molecule has 2 rings (SSSR count). The van der Waals surface area contributed by atoms with Crippen molar-refractivity contribution in [2.24, 2.45) is 7.05 Å². The normalized spacial score (nSPS) is 10.7. The second-order valence-electron chi connectivity index (χ2n) is 3.75. The minimum atomic E-state index is -0.451. The molecule has 20 heavy (non-hydrogen) atoms. The van der Waals surface area contributed by atoms with Gasteiger partial charge in [0, 0.05) is 24.6 Å². The second kappa shape index (κ2) is 7.20. The standard InChI is InChI=1S/C10H12N6O2S2/c1-15-10(12-13-14-15)20-6-2-5-19-9-4-3-8(7-11-9)16(17)18/h3-4,7H,2,5-6H2,1H3. The SMILES string of the molecule is Cn1nnnc1SCCCSc1ccc([N+](=O)[O-])cn1. The number of pyridine rings is 1. The van der Waals surface area contributed by atoms with Crippen molar-refractivity contribution in [3.8, 4) is 0 Å². The van der Waals surface area contributed by atoms with E-state index in [0.29, 0.717) is 0 Å². The molecule has 0 aliphatic rings. The Hall–Kier alpha value is -1.68. The van der Waals surface area contributed by atoms with E-state index in [9.17, 15) is 10.1 Å². The maximum atomic E-state index is 10.5. The molecular formula is C10H12N6O2S2. The highest BCUT2D eigenvalue weighted by Gasteiger charge is 2.06. The fourth-order valence-corrected chi connectivity index (χ4v) is 3.07. The van der Waals surface area contributed by atoms with Crippen molar-refractivity contribution in [3.05, 3.63) is 28.4 Å². The summed E-state index contributed by atoms with van der Waals surface area (Å²) in [6.45, 7) is 0. The van der Waals surface area contributed by atoms with Crippen molar-refractivity contribution in [3.63, 3.8) is 0 Å². The van der Waals surface area contributed by atoms with Crippen LogP contribution in [-0.2, 0) is 7.05 Å². The van der Waals surface area contributed by atoms with Crippen LogP contribution < -0.4 is 0 Å². The topological polar surface area (TPSA) is 99.6 Å². The van der Waals surface area contributed by atoms with E-state index >= 15 is 0 Å². The van der Waals surface area contributed by atoms with Gasteiger partial charge in [-0.3, -0.25) is 10.1 Å². The number of nitrogens with zero attached hydrogens (tertiary/aromatic N) is 6. The zero-order valence-corrected chi connectivity index (χ0v) is 12.3. The van der Waals surface area contributed by atoms with Crippen LogP contribution in [0.2, 0.25) is 0 Å².